The molecule has 1 aromatic carbocycles. The molecule has 2 rings (SSSR count). The van der Waals surface area contributed by atoms with Crippen molar-refractivity contribution in [3.8, 4) is 5.75 Å². The Morgan fingerprint density at radius 3 is 2.57 bits per heavy atom. The van der Waals surface area contributed by atoms with E-state index in [4.69, 9.17) is 0 Å². The molecule has 9 heteroatoms. The van der Waals surface area contributed by atoms with E-state index in [1.807, 2.05) is 0 Å². The zero-order valence-corrected chi connectivity index (χ0v) is 11.9. The number of benzene rings is 1. The van der Waals surface area contributed by atoms with E-state index < -0.39 is 21.9 Å². The molecule has 1 heterocycles. The predicted molar refractivity (Wildman–Crippen MR) is 79.1 cm³/mol. The van der Waals surface area contributed by atoms with E-state index in [0.29, 0.717) is 10.0 Å². The summed E-state index contributed by atoms with van der Waals surface area (Å²) in [5, 5.41) is 20.2. The Morgan fingerprint density at radius 2 is 1.95 bits per heavy atom. The van der Waals surface area contributed by atoms with Crippen molar-refractivity contribution in [3.63, 3.8) is 0 Å². The van der Waals surface area contributed by atoms with Gasteiger partial charge >= 0.3 is 16.9 Å². The molecule has 0 aliphatic heterocycles. The number of nitrogens with one attached hydrogen (secondary N) is 2. The Morgan fingerprint density at radius 1 is 1.24 bits per heavy atom. The van der Waals surface area contributed by atoms with Crippen LogP contribution in [0.1, 0.15) is 11.3 Å². The fraction of sp³-hybridized carbons (Fsp3) is 0. The van der Waals surface area contributed by atoms with Gasteiger partial charge in [-0.2, -0.15) is 0 Å². The topological polar surface area (TPSA) is 129 Å². The van der Waals surface area contributed by atoms with Crippen LogP contribution in [0.15, 0.2) is 32.3 Å². The average Bonchev–Trinajstić information content (AvgIpc) is 2.38. The standard InChI is InChI=1S/C12H8BrN3O5/c13-7-5-6(2-4-9(7)17)1-3-8-10(16(20)21)11(18)15-12(19)14-8/h1-5,17H,(H2,14,15,18,19)/b3-1-. The lowest BCUT2D eigenvalue weighted by Crippen LogP contribution is -2.25. The van der Waals surface area contributed by atoms with E-state index in [-0.39, 0.29) is 11.4 Å². The summed E-state index contributed by atoms with van der Waals surface area (Å²) in [7, 11) is 0. The van der Waals surface area contributed by atoms with Crippen LogP contribution in [0.3, 0.4) is 0 Å². The molecule has 2 aromatic rings. The van der Waals surface area contributed by atoms with Crippen LogP contribution in [0.5, 0.6) is 5.75 Å². The number of rotatable bonds is 3. The molecule has 0 spiro atoms. The van der Waals surface area contributed by atoms with Crippen molar-refractivity contribution in [2.75, 3.05) is 0 Å². The molecule has 0 atom stereocenters. The Kier molecular flexibility index (Phi) is 4.03. The summed E-state index contributed by atoms with van der Waals surface area (Å²) in [6.45, 7) is 0. The summed E-state index contributed by atoms with van der Waals surface area (Å²) < 4.78 is 0.443. The van der Waals surface area contributed by atoms with Gasteiger partial charge in [0.15, 0.2) is 0 Å². The molecule has 8 nitrogen and oxygen atoms in total. The third kappa shape index (κ3) is 3.26. The molecule has 0 amide bonds. The average molecular weight is 354 g/mol. The van der Waals surface area contributed by atoms with Crippen LogP contribution in [0, 0.1) is 10.1 Å². The molecule has 21 heavy (non-hydrogen) atoms. The van der Waals surface area contributed by atoms with Crippen molar-refractivity contribution >= 4 is 33.8 Å². The number of aromatic amines is 2. The summed E-state index contributed by atoms with van der Waals surface area (Å²) in [5.74, 6) is 0.0442. The van der Waals surface area contributed by atoms with Crippen molar-refractivity contribution in [2.45, 2.75) is 0 Å². The van der Waals surface area contributed by atoms with E-state index >= 15 is 0 Å². The van der Waals surface area contributed by atoms with Gasteiger partial charge < -0.3 is 10.1 Å². The van der Waals surface area contributed by atoms with Crippen LogP contribution >= 0.6 is 15.9 Å². The number of nitro groups is 1. The smallest absolute Gasteiger partial charge is 0.357 e. The highest BCUT2D eigenvalue weighted by Gasteiger charge is 2.18. The van der Waals surface area contributed by atoms with Gasteiger partial charge in [-0.1, -0.05) is 12.1 Å². The minimum absolute atomic E-state index is 0.0442. The van der Waals surface area contributed by atoms with E-state index in [1.54, 1.807) is 17.1 Å². The first-order valence-corrected chi connectivity index (χ1v) is 6.35. The molecule has 0 unspecified atom stereocenters. The van der Waals surface area contributed by atoms with Gasteiger partial charge in [0.1, 0.15) is 11.4 Å². The maximum absolute atomic E-state index is 11.4. The summed E-state index contributed by atoms with van der Waals surface area (Å²) in [6, 6.07) is 4.56. The number of nitrogens with zero attached hydrogens (tertiary/aromatic N) is 1. The molecule has 0 saturated heterocycles. The maximum Gasteiger partial charge on any atom is 0.357 e. The summed E-state index contributed by atoms with van der Waals surface area (Å²) >= 11 is 3.13. The molecule has 0 aliphatic carbocycles. The van der Waals surface area contributed by atoms with Crippen molar-refractivity contribution in [3.05, 3.63) is 64.9 Å². The number of phenolic OH excluding ortho intramolecular Hbond substituents is 1. The van der Waals surface area contributed by atoms with Crippen LogP contribution in [-0.2, 0) is 0 Å². The minimum Gasteiger partial charge on any atom is -0.507 e. The zero-order valence-electron chi connectivity index (χ0n) is 10.3. The van der Waals surface area contributed by atoms with Crippen molar-refractivity contribution in [1.29, 1.82) is 0 Å². The van der Waals surface area contributed by atoms with Crippen molar-refractivity contribution < 1.29 is 10.0 Å². The lowest BCUT2D eigenvalue weighted by molar-refractivity contribution is -0.386. The van der Waals surface area contributed by atoms with Crippen LogP contribution < -0.4 is 11.2 Å². The Hall–Kier alpha value is -2.68. The normalized spacial score (nSPS) is 10.9. The van der Waals surface area contributed by atoms with Gasteiger partial charge in [-0.15, -0.1) is 0 Å². The summed E-state index contributed by atoms with van der Waals surface area (Å²) in [6.07, 6.45) is 2.70. The number of hydrogen-bond acceptors (Lipinski definition) is 5. The van der Waals surface area contributed by atoms with Crippen molar-refractivity contribution in [1.82, 2.24) is 9.97 Å². The molecule has 0 bridgehead atoms. The van der Waals surface area contributed by atoms with Gasteiger partial charge in [-0.25, -0.2) is 4.79 Å². The first-order valence-electron chi connectivity index (χ1n) is 5.56. The monoisotopic (exact) mass is 353 g/mol. The molecule has 0 radical (unpaired) electrons. The van der Waals surface area contributed by atoms with E-state index in [2.05, 4.69) is 20.9 Å². The molecular formula is C12H8BrN3O5. The summed E-state index contributed by atoms with van der Waals surface area (Å²) in [5.41, 5.74) is -2.26. The highest BCUT2D eigenvalue weighted by atomic mass is 79.9. The molecule has 1 aromatic heterocycles. The fourth-order valence-corrected chi connectivity index (χ4v) is 2.00. The Bertz CT molecular complexity index is 853. The largest absolute Gasteiger partial charge is 0.507 e. The lowest BCUT2D eigenvalue weighted by atomic mass is 10.2. The van der Waals surface area contributed by atoms with Crippen LogP contribution in [-0.4, -0.2) is 20.0 Å². The minimum atomic E-state index is -1.07. The first kappa shape index (κ1) is 14.7. The molecule has 3 N–H and O–H groups in total. The number of aromatic hydroxyl groups is 1. The van der Waals surface area contributed by atoms with Gasteiger partial charge in [-0.3, -0.25) is 19.9 Å². The SMILES string of the molecule is O=c1[nH]c(/C=C\c2ccc(O)c(Br)c2)c([N+](=O)[O-])c(=O)[nH]1. The van der Waals surface area contributed by atoms with E-state index in [1.165, 1.54) is 18.2 Å². The number of H-pyrrole nitrogens is 2. The second-order valence-corrected chi connectivity index (χ2v) is 4.83. The molecular weight excluding hydrogens is 346 g/mol. The van der Waals surface area contributed by atoms with Gasteiger partial charge in [0.25, 0.3) is 0 Å². The third-order valence-electron chi connectivity index (χ3n) is 2.54. The summed E-state index contributed by atoms with van der Waals surface area (Å²) in [4.78, 5) is 36.6. The Balaban J connectivity index is 2.50. The van der Waals surface area contributed by atoms with E-state index in [9.17, 15) is 24.8 Å². The Labute approximate surface area is 125 Å². The number of halogens is 1. The quantitative estimate of drug-likeness (QED) is 0.570. The predicted octanol–water partition coefficient (Wildman–Crippen LogP) is 1.61. The highest BCUT2D eigenvalue weighted by molar-refractivity contribution is 9.10. The molecule has 0 fully saturated rings. The molecule has 0 aliphatic rings. The van der Waals surface area contributed by atoms with Crippen LogP contribution in [0.4, 0.5) is 5.69 Å². The van der Waals surface area contributed by atoms with Gasteiger partial charge in [0, 0.05) is 0 Å². The zero-order chi connectivity index (χ0) is 15.6. The fourth-order valence-electron chi connectivity index (χ4n) is 1.61. The van der Waals surface area contributed by atoms with Gasteiger partial charge in [0.2, 0.25) is 0 Å². The second-order valence-electron chi connectivity index (χ2n) is 3.97. The number of phenols is 1. The van der Waals surface area contributed by atoms with Crippen molar-refractivity contribution in [2.24, 2.45) is 0 Å². The van der Waals surface area contributed by atoms with Crippen LogP contribution in [0.25, 0.3) is 12.2 Å². The van der Waals surface area contributed by atoms with E-state index in [0.717, 1.165) is 0 Å². The molecule has 0 saturated carbocycles. The second kappa shape index (κ2) is 5.75. The third-order valence-corrected chi connectivity index (χ3v) is 3.18. The van der Waals surface area contributed by atoms with Gasteiger partial charge in [0.05, 0.1) is 9.40 Å². The maximum atomic E-state index is 11.4. The number of aromatic nitrogens is 2. The van der Waals surface area contributed by atoms with Gasteiger partial charge in [-0.05, 0) is 39.7 Å². The highest BCUT2D eigenvalue weighted by Crippen LogP contribution is 2.25. The number of hydrogen-bond donors (Lipinski definition) is 3. The molecule has 108 valence electrons. The lowest BCUT2D eigenvalue weighted by Gasteiger charge is -1.99. The van der Waals surface area contributed by atoms with Crippen LogP contribution in [0.2, 0.25) is 0 Å². The first-order chi connectivity index (χ1) is 9.88.